The summed E-state index contributed by atoms with van der Waals surface area (Å²) in [6, 6.07) is 0. The molecule has 0 rings (SSSR count). The van der Waals surface area contributed by atoms with Crippen LogP contribution in [0.3, 0.4) is 0 Å². The Morgan fingerprint density at radius 1 is 0.455 bits per heavy atom. The molecule has 22 heteroatoms. The van der Waals surface area contributed by atoms with Crippen molar-refractivity contribution in [2.75, 3.05) is 0 Å². The summed E-state index contributed by atoms with van der Waals surface area (Å²) >= 11 is 0. The number of rotatable bonds is 38. The molecular weight excluding hydrogens is 923 g/mol. The topological polar surface area (TPSA) is 300 Å². The van der Waals surface area contributed by atoms with E-state index in [-0.39, 0.29) is 72.0 Å². The van der Waals surface area contributed by atoms with Crippen LogP contribution in [0.2, 0.25) is 0 Å². The second-order valence-electron chi connectivity index (χ2n) is 15.7. The van der Waals surface area contributed by atoms with E-state index in [4.69, 9.17) is 9.11 Å². The maximum absolute atomic E-state index is 11.6. The van der Waals surface area contributed by atoms with Gasteiger partial charge in [-0.25, -0.2) is 9.59 Å². The third-order valence-corrected chi connectivity index (χ3v) is 12.0. The molecule has 0 aromatic rings. The van der Waals surface area contributed by atoms with Crippen molar-refractivity contribution in [1.82, 2.24) is 11.0 Å². The van der Waals surface area contributed by atoms with Gasteiger partial charge in [-0.2, -0.15) is 27.8 Å². The quantitative estimate of drug-likeness (QED) is 0.0208. The summed E-state index contributed by atoms with van der Waals surface area (Å²) in [6.45, 7) is 4.44. The van der Waals surface area contributed by atoms with Crippen LogP contribution in [-0.4, -0.2) is 72.1 Å². The third kappa shape index (κ3) is 47.2. The second-order valence-corrected chi connectivity index (χ2v) is 18.9. The molecule has 0 saturated heterocycles. The zero-order valence-corrected chi connectivity index (χ0v) is 45.7. The van der Waals surface area contributed by atoms with Gasteiger partial charge in [0, 0.05) is 37.6 Å². The standard InChI is InChI=1S/2C22H39NO8S.2Na/c2*1-2-3-4-5-6-7-8-9-10-11-12-13-14-15-16-17-20(24)23-31-22(27)19(18-21(25)26)32(28,29)30;;/h2*9-10,19H,2-8,11-18H2,1H3,(H,23,24)(H,25,26)(H,28,29,30);;/q;;2*+1/p-2. The molecule has 0 fully saturated rings. The number of carbonyl (C=O) groups excluding carboxylic acids is 6. The number of aliphatic carboxylic acids is 2. The minimum absolute atomic E-state index is 0. The van der Waals surface area contributed by atoms with E-state index in [1.165, 1.54) is 77.0 Å². The molecule has 0 radical (unpaired) electrons. The number of unbranched alkanes of at least 4 members (excludes halogenated alkanes) is 22. The molecule has 2 atom stereocenters. The molecule has 2 unspecified atom stereocenters. The number of allylic oxidation sites excluding steroid dienone is 4. The first-order chi connectivity index (χ1) is 30.4. The van der Waals surface area contributed by atoms with Crippen molar-refractivity contribution in [2.24, 2.45) is 0 Å². The Hall–Kier alpha value is -1.88. The summed E-state index contributed by atoms with van der Waals surface area (Å²) in [5, 5.41) is 16.3. The molecule has 0 heterocycles. The SMILES string of the molecule is CCCCCCCCC=CCCCCCCCC(=O)NOC(=O)C(CC(=O)[O-])S(=O)(=O)O.CCCCCCCCC=CCCCCCCCC(=O)NOC(=O)C(CC(=O)[O-])S(=O)(=O)O.[Na+].[Na+]. The zero-order chi connectivity index (χ0) is 48.5. The van der Waals surface area contributed by atoms with Crippen LogP contribution >= 0.6 is 0 Å². The van der Waals surface area contributed by atoms with Crippen LogP contribution in [0.1, 0.15) is 206 Å². The van der Waals surface area contributed by atoms with Crippen LogP contribution < -0.4 is 80.3 Å². The van der Waals surface area contributed by atoms with Crippen molar-refractivity contribution in [3.63, 3.8) is 0 Å². The van der Waals surface area contributed by atoms with Crippen molar-refractivity contribution < 1.29 is 134 Å². The fourth-order valence-corrected chi connectivity index (χ4v) is 7.36. The van der Waals surface area contributed by atoms with Crippen LogP contribution in [0.25, 0.3) is 0 Å². The average molecular weight is 999 g/mol. The number of amides is 2. The molecule has 0 saturated carbocycles. The molecule has 0 aliphatic heterocycles. The Kier molecular flexibility index (Phi) is 50.1. The first-order valence-electron chi connectivity index (χ1n) is 23.0. The Labute approximate surface area is 438 Å². The van der Waals surface area contributed by atoms with Crippen LogP contribution in [0, 0.1) is 0 Å². The molecule has 0 spiro atoms. The van der Waals surface area contributed by atoms with Gasteiger partial charge in [-0.1, -0.05) is 141 Å². The molecule has 0 aromatic heterocycles. The van der Waals surface area contributed by atoms with Crippen molar-refractivity contribution in [2.45, 2.75) is 217 Å². The predicted octanol–water partition coefficient (Wildman–Crippen LogP) is -0.00260. The van der Waals surface area contributed by atoms with Gasteiger partial charge in [-0.05, 0) is 64.2 Å². The zero-order valence-electron chi connectivity index (χ0n) is 40.1. The van der Waals surface area contributed by atoms with Crippen LogP contribution in [-0.2, 0) is 58.7 Å². The monoisotopic (exact) mass is 998 g/mol. The van der Waals surface area contributed by atoms with E-state index in [1.807, 2.05) is 0 Å². The minimum Gasteiger partial charge on any atom is -0.550 e. The van der Waals surface area contributed by atoms with Crippen LogP contribution in [0.5, 0.6) is 0 Å². The van der Waals surface area contributed by atoms with Gasteiger partial charge >= 0.3 is 71.1 Å². The number of hydrogen-bond donors (Lipinski definition) is 4. The summed E-state index contributed by atoms with van der Waals surface area (Å²) in [6.07, 6.45) is 35.6. The van der Waals surface area contributed by atoms with E-state index in [1.54, 1.807) is 11.0 Å². The number of hydroxylamine groups is 2. The number of nitrogens with one attached hydrogen (secondary N) is 2. The maximum Gasteiger partial charge on any atom is 1.00 e. The van der Waals surface area contributed by atoms with E-state index in [0.717, 1.165) is 77.0 Å². The molecule has 0 aliphatic rings. The van der Waals surface area contributed by atoms with Gasteiger partial charge in [0.1, 0.15) is 0 Å². The summed E-state index contributed by atoms with van der Waals surface area (Å²) in [4.78, 5) is 76.0. The fourth-order valence-electron chi connectivity index (χ4n) is 6.08. The van der Waals surface area contributed by atoms with Gasteiger partial charge in [0.2, 0.25) is 0 Å². The summed E-state index contributed by atoms with van der Waals surface area (Å²) < 4.78 is 61.9. The van der Waals surface area contributed by atoms with Crippen LogP contribution in [0.4, 0.5) is 0 Å². The molecule has 18 nitrogen and oxygen atoms in total. The van der Waals surface area contributed by atoms with Gasteiger partial charge in [0.25, 0.3) is 32.1 Å². The first-order valence-corrected chi connectivity index (χ1v) is 26.0. The molecule has 2 amide bonds. The molecule has 0 bridgehead atoms. The molecule has 372 valence electrons. The summed E-state index contributed by atoms with van der Waals surface area (Å²) in [5.74, 6) is -8.17. The Balaban J connectivity index is -0.000000565. The summed E-state index contributed by atoms with van der Waals surface area (Å²) in [7, 11) is -10.0. The number of carbonyl (C=O) groups is 6. The third-order valence-electron chi connectivity index (χ3n) is 9.81. The first kappa shape index (κ1) is 70.7. The number of hydrogen-bond acceptors (Lipinski definition) is 14. The maximum atomic E-state index is 11.6. The largest absolute Gasteiger partial charge is 1.00 e. The number of carboxylic acids is 2. The molecule has 4 N–H and O–H groups in total. The Morgan fingerprint density at radius 2 is 0.697 bits per heavy atom. The van der Waals surface area contributed by atoms with E-state index >= 15 is 0 Å². The van der Waals surface area contributed by atoms with Crippen molar-refractivity contribution in [1.29, 1.82) is 0 Å². The molecular formula is C44H76N2Na2O16S2. The minimum atomic E-state index is -5.00. The number of carboxylic acid groups (broad SMARTS) is 2. The smallest absolute Gasteiger partial charge is 0.550 e. The molecule has 0 aliphatic carbocycles. The Bertz CT molecular complexity index is 1480. The predicted molar refractivity (Wildman–Crippen MR) is 237 cm³/mol. The average Bonchev–Trinajstić information content (AvgIpc) is 3.22. The van der Waals surface area contributed by atoms with Crippen molar-refractivity contribution in [3.05, 3.63) is 24.3 Å². The second kappa shape index (κ2) is 46.8. The van der Waals surface area contributed by atoms with E-state index < -0.39 is 79.3 Å². The van der Waals surface area contributed by atoms with Crippen molar-refractivity contribution >= 4 is 55.9 Å². The Morgan fingerprint density at radius 3 is 0.939 bits per heavy atom. The van der Waals surface area contributed by atoms with E-state index in [2.05, 4.69) is 47.8 Å². The van der Waals surface area contributed by atoms with Gasteiger partial charge < -0.3 is 29.5 Å². The summed E-state index contributed by atoms with van der Waals surface area (Å²) in [5.41, 5.74) is 3.54. The van der Waals surface area contributed by atoms with Gasteiger partial charge in [0.15, 0.2) is 10.5 Å². The van der Waals surface area contributed by atoms with Crippen LogP contribution in [0.15, 0.2) is 24.3 Å². The van der Waals surface area contributed by atoms with Gasteiger partial charge in [0.05, 0.1) is 0 Å². The van der Waals surface area contributed by atoms with E-state index in [9.17, 15) is 55.8 Å². The van der Waals surface area contributed by atoms with Gasteiger partial charge in [-0.15, -0.1) is 0 Å². The van der Waals surface area contributed by atoms with Crippen molar-refractivity contribution in [3.8, 4) is 0 Å². The molecule has 0 aromatic carbocycles. The molecule has 66 heavy (non-hydrogen) atoms. The normalized spacial score (nSPS) is 12.2. The van der Waals surface area contributed by atoms with E-state index in [0.29, 0.717) is 12.8 Å². The van der Waals surface area contributed by atoms with Gasteiger partial charge in [-0.3, -0.25) is 18.7 Å². The fraction of sp³-hybridized carbons (Fsp3) is 0.773.